The minimum atomic E-state index is -0.710. The van der Waals surface area contributed by atoms with Crippen molar-refractivity contribution in [3.05, 3.63) is 12.2 Å². The Kier molecular flexibility index (Phi) is 7.27. The van der Waals surface area contributed by atoms with Crippen LogP contribution in [0, 0.1) is 5.41 Å². The molecule has 0 fully saturated rings. The maximum atomic E-state index is 11.5. The van der Waals surface area contributed by atoms with Crippen molar-refractivity contribution in [3.63, 3.8) is 0 Å². The fraction of sp³-hybridized carbons (Fsp3) is 0.692. The van der Waals surface area contributed by atoms with Gasteiger partial charge in [0.1, 0.15) is 0 Å². The molecule has 0 saturated carbocycles. The first-order chi connectivity index (χ1) is 8.29. The van der Waals surface area contributed by atoms with Gasteiger partial charge in [0.2, 0.25) is 0 Å². The molecule has 0 aliphatic carbocycles. The van der Waals surface area contributed by atoms with Crippen LogP contribution in [0.15, 0.2) is 12.2 Å². The highest BCUT2D eigenvalue weighted by Crippen LogP contribution is 2.24. The number of unbranched alkanes of at least 4 members (excludes halogenated alkanes) is 2. The number of nitrogens with two attached hydrogens (primary N) is 1. The average molecular weight is 257 g/mol. The molecule has 0 aromatic carbocycles. The maximum absolute atomic E-state index is 11.5. The van der Waals surface area contributed by atoms with Crippen molar-refractivity contribution in [2.75, 3.05) is 6.54 Å². The monoisotopic (exact) mass is 257 g/mol. The lowest BCUT2D eigenvalue weighted by atomic mass is 9.88. The minimum Gasteiger partial charge on any atom is -0.330 e. The van der Waals surface area contributed by atoms with Crippen LogP contribution in [0.1, 0.15) is 46.5 Å². The average Bonchev–Trinajstić information content (AvgIpc) is 2.29. The molecule has 0 aliphatic rings. The van der Waals surface area contributed by atoms with E-state index in [-0.39, 0.29) is 12.0 Å². The van der Waals surface area contributed by atoms with E-state index in [1.165, 1.54) is 0 Å². The van der Waals surface area contributed by atoms with Crippen LogP contribution in [0.3, 0.4) is 0 Å². The molecule has 0 radical (unpaired) electrons. The second kappa shape index (κ2) is 7.87. The van der Waals surface area contributed by atoms with Gasteiger partial charge >= 0.3 is 11.9 Å². The van der Waals surface area contributed by atoms with Gasteiger partial charge in [-0.05, 0) is 24.8 Å². The normalized spacial score (nSPS) is 10.9. The zero-order valence-corrected chi connectivity index (χ0v) is 11.5. The highest BCUT2D eigenvalue weighted by molar-refractivity contribution is 5.89. The van der Waals surface area contributed by atoms with Crippen molar-refractivity contribution in [3.8, 4) is 0 Å². The molecule has 0 spiro atoms. The van der Waals surface area contributed by atoms with Gasteiger partial charge in [0.25, 0.3) is 0 Å². The molecule has 5 nitrogen and oxygen atoms in total. The first-order valence-corrected chi connectivity index (χ1v) is 6.10. The predicted molar refractivity (Wildman–Crippen MR) is 68.3 cm³/mol. The Balaban J connectivity index is 3.86. The van der Waals surface area contributed by atoms with E-state index >= 15 is 0 Å². The Morgan fingerprint density at radius 2 is 1.72 bits per heavy atom. The molecule has 104 valence electrons. The fourth-order valence-electron chi connectivity index (χ4n) is 1.07. The molecule has 0 aromatic heterocycles. The van der Waals surface area contributed by atoms with Crippen LogP contribution in [0.2, 0.25) is 0 Å². The molecule has 0 amide bonds. The van der Waals surface area contributed by atoms with Gasteiger partial charge in [-0.3, -0.25) is 0 Å². The third-order valence-electron chi connectivity index (χ3n) is 2.45. The quantitative estimate of drug-likeness (QED) is 0.341. The number of rotatable bonds is 6. The molecule has 0 rings (SSSR count). The van der Waals surface area contributed by atoms with Crippen LogP contribution >= 0.6 is 0 Å². The Hall–Kier alpha value is -1.36. The molecule has 0 unspecified atom stereocenters. The van der Waals surface area contributed by atoms with Crippen molar-refractivity contribution in [2.24, 2.45) is 11.1 Å². The molecule has 5 heteroatoms. The molecule has 0 aliphatic heterocycles. The lowest BCUT2D eigenvalue weighted by Crippen LogP contribution is -2.20. The SMILES string of the molecule is C=C(C(=O)OOC(=O)CCCCCN)C(C)(C)C. The number of carbonyl (C=O) groups is 2. The van der Waals surface area contributed by atoms with Gasteiger partial charge in [0.05, 0.1) is 6.42 Å². The molecule has 0 heterocycles. The number of carbonyl (C=O) groups excluding carboxylic acids is 2. The van der Waals surface area contributed by atoms with Gasteiger partial charge in [0, 0.05) is 5.57 Å². The van der Waals surface area contributed by atoms with Gasteiger partial charge in [0.15, 0.2) is 0 Å². The summed E-state index contributed by atoms with van der Waals surface area (Å²) in [7, 11) is 0. The summed E-state index contributed by atoms with van der Waals surface area (Å²) in [6.07, 6.45) is 2.62. The highest BCUT2D eigenvalue weighted by Gasteiger charge is 2.24. The van der Waals surface area contributed by atoms with E-state index in [2.05, 4.69) is 16.4 Å². The summed E-state index contributed by atoms with van der Waals surface area (Å²) >= 11 is 0. The Morgan fingerprint density at radius 3 is 2.22 bits per heavy atom. The smallest absolute Gasteiger partial charge is 0.330 e. The van der Waals surface area contributed by atoms with E-state index in [1.807, 2.05) is 20.8 Å². The topological polar surface area (TPSA) is 78.6 Å². The molecule has 2 N–H and O–H groups in total. The molecule has 0 aromatic rings. The van der Waals surface area contributed by atoms with Crippen molar-refractivity contribution in [1.82, 2.24) is 0 Å². The lowest BCUT2D eigenvalue weighted by molar-refractivity contribution is -0.256. The summed E-state index contributed by atoms with van der Waals surface area (Å²) in [6, 6.07) is 0. The van der Waals surface area contributed by atoms with Gasteiger partial charge in [-0.15, -0.1) is 0 Å². The van der Waals surface area contributed by atoms with E-state index in [0.29, 0.717) is 13.0 Å². The van der Waals surface area contributed by atoms with Gasteiger partial charge in [-0.25, -0.2) is 19.4 Å². The molecular weight excluding hydrogens is 234 g/mol. The summed E-state index contributed by atoms with van der Waals surface area (Å²) in [6.45, 7) is 9.69. The van der Waals surface area contributed by atoms with E-state index in [9.17, 15) is 9.59 Å². The van der Waals surface area contributed by atoms with Crippen LogP contribution < -0.4 is 5.73 Å². The molecule has 0 bridgehead atoms. The van der Waals surface area contributed by atoms with Gasteiger partial charge < -0.3 is 5.73 Å². The van der Waals surface area contributed by atoms with Crippen LogP contribution in [-0.4, -0.2) is 18.5 Å². The van der Waals surface area contributed by atoms with Crippen molar-refractivity contribution in [2.45, 2.75) is 46.5 Å². The van der Waals surface area contributed by atoms with E-state index < -0.39 is 17.4 Å². The Bertz CT molecular complexity index is 305. The van der Waals surface area contributed by atoms with Crippen LogP contribution in [0.5, 0.6) is 0 Å². The lowest BCUT2D eigenvalue weighted by Gasteiger charge is -2.18. The van der Waals surface area contributed by atoms with Crippen LogP contribution in [0.4, 0.5) is 0 Å². The highest BCUT2D eigenvalue weighted by atomic mass is 17.2. The van der Waals surface area contributed by atoms with Crippen molar-refractivity contribution in [1.29, 1.82) is 0 Å². The largest absolute Gasteiger partial charge is 0.382 e. The summed E-state index contributed by atoms with van der Waals surface area (Å²) in [5, 5.41) is 0. The van der Waals surface area contributed by atoms with Gasteiger partial charge in [-0.1, -0.05) is 33.8 Å². The standard InChI is InChI=1S/C13H23NO4/c1-10(13(2,3)4)12(16)18-17-11(15)8-6-5-7-9-14/h1,5-9,14H2,2-4H3. The minimum absolute atomic E-state index is 0.218. The number of hydrogen-bond acceptors (Lipinski definition) is 5. The second-order valence-electron chi connectivity index (χ2n) is 5.15. The van der Waals surface area contributed by atoms with Crippen molar-refractivity contribution >= 4 is 11.9 Å². The van der Waals surface area contributed by atoms with Crippen molar-refractivity contribution < 1.29 is 19.4 Å². The molecule has 0 saturated heterocycles. The zero-order chi connectivity index (χ0) is 14.2. The first kappa shape index (κ1) is 16.6. The molecular formula is C13H23NO4. The Labute approximate surface area is 108 Å². The van der Waals surface area contributed by atoms with Gasteiger partial charge in [-0.2, -0.15) is 0 Å². The number of hydrogen-bond donors (Lipinski definition) is 1. The predicted octanol–water partition coefficient (Wildman–Crippen LogP) is 2.11. The van der Waals surface area contributed by atoms with E-state index in [1.54, 1.807) is 0 Å². The summed E-state index contributed by atoms with van der Waals surface area (Å²) in [5.41, 5.74) is 5.17. The second-order valence-corrected chi connectivity index (χ2v) is 5.15. The van der Waals surface area contributed by atoms with E-state index in [0.717, 1.165) is 12.8 Å². The summed E-state index contributed by atoms with van der Waals surface area (Å²) in [4.78, 5) is 31.5. The maximum Gasteiger partial charge on any atom is 0.382 e. The third kappa shape index (κ3) is 7.06. The fourth-order valence-corrected chi connectivity index (χ4v) is 1.07. The van der Waals surface area contributed by atoms with Crippen LogP contribution in [-0.2, 0) is 19.4 Å². The molecule has 0 atom stereocenters. The first-order valence-electron chi connectivity index (χ1n) is 6.10. The van der Waals surface area contributed by atoms with Crippen LogP contribution in [0.25, 0.3) is 0 Å². The van der Waals surface area contributed by atoms with E-state index in [4.69, 9.17) is 5.73 Å². The zero-order valence-electron chi connectivity index (χ0n) is 11.5. The summed E-state index contributed by atoms with van der Waals surface area (Å²) < 4.78 is 0. The summed E-state index contributed by atoms with van der Waals surface area (Å²) in [5.74, 6) is -1.26. The Morgan fingerprint density at radius 1 is 1.11 bits per heavy atom. The third-order valence-corrected chi connectivity index (χ3v) is 2.45. The molecule has 18 heavy (non-hydrogen) atoms.